The van der Waals surface area contributed by atoms with Gasteiger partial charge < -0.3 is 19.3 Å². The maximum absolute atomic E-state index is 13.5. The van der Waals surface area contributed by atoms with Crippen LogP contribution >= 0.6 is 0 Å². The summed E-state index contributed by atoms with van der Waals surface area (Å²) in [5, 5.41) is 11.4. The summed E-state index contributed by atoms with van der Waals surface area (Å²) in [4.78, 5) is 28.5. The van der Waals surface area contributed by atoms with Crippen LogP contribution in [0.15, 0.2) is 66.2 Å². The molecule has 0 aliphatic carbocycles. The van der Waals surface area contributed by atoms with Crippen molar-refractivity contribution >= 4 is 23.1 Å². The van der Waals surface area contributed by atoms with E-state index in [9.17, 15) is 14.7 Å². The van der Waals surface area contributed by atoms with Crippen LogP contribution in [0, 0.1) is 13.8 Å². The van der Waals surface area contributed by atoms with Crippen LogP contribution in [0.2, 0.25) is 0 Å². The van der Waals surface area contributed by atoms with Crippen LogP contribution in [0.25, 0.3) is 5.76 Å². The molecule has 1 N–H and O–H groups in total. The van der Waals surface area contributed by atoms with Crippen LogP contribution in [0.4, 0.5) is 5.69 Å². The highest BCUT2D eigenvalue weighted by molar-refractivity contribution is 6.51. The van der Waals surface area contributed by atoms with Gasteiger partial charge in [0.2, 0.25) is 0 Å². The van der Waals surface area contributed by atoms with Gasteiger partial charge in [-0.15, -0.1) is 0 Å². The minimum Gasteiger partial charge on any atom is -0.507 e. The quantitative estimate of drug-likeness (QED) is 0.241. The summed E-state index contributed by atoms with van der Waals surface area (Å²) < 4.78 is 16.7. The molecule has 37 heavy (non-hydrogen) atoms. The van der Waals surface area contributed by atoms with Crippen molar-refractivity contribution < 1.29 is 28.9 Å². The average molecular weight is 502 g/mol. The third-order valence-electron chi connectivity index (χ3n) is 6.52. The van der Waals surface area contributed by atoms with E-state index in [1.54, 1.807) is 49.6 Å². The molecule has 0 aromatic heterocycles. The van der Waals surface area contributed by atoms with E-state index in [-0.39, 0.29) is 11.3 Å². The van der Waals surface area contributed by atoms with Gasteiger partial charge in [0.25, 0.3) is 11.7 Å². The van der Waals surface area contributed by atoms with Crippen molar-refractivity contribution in [3.8, 4) is 17.2 Å². The second kappa shape index (κ2) is 10.8. The van der Waals surface area contributed by atoms with E-state index in [2.05, 4.69) is 0 Å². The summed E-state index contributed by atoms with van der Waals surface area (Å²) in [6.45, 7) is 8.52. The first-order valence-corrected chi connectivity index (χ1v) is 12.2. The maximum atomic E-state index is 13.5. The predicted molar refractivity (Wildman–Crippen MR) is 142 cm³/mol. The maximum Gasteiger partial charge on any atom is 0.300 e. The lowest BCUT2D eigenvalue weighted by Gasteiger charge is -2.28. The van der Waals surface area contributed by atoms with Gasteiger partial charge in [-0.1, -0.05) is 18.2 Å². The Morgan fingerprint density at radius 3 is 2.27 bits per heavy atom. The molecule has 1 heterocycles. The molecule has 192 valence electrons. The van der Waals surface area contributed by atoms with E-state index in [1.807, 2.05) is 45.9 Å². The van der Waals surface area contributed by atoms with E-state index < -0.39 is 17.7 Å². The van der Waals surface area contributed by atoms with Crippen molar-refractivity contribution in [2.75, 3.05) is 25.2 Å². The van der Waals surface area contributed by atoms with Crippen LogP contribution in [0.5, 0.6) is 17.2 Å². The van der Waals surface area contributed by atoms with Crippen molar-refractivity contribution in [1.82, 2.24) is 0 Å². The minimum atomic E-state index is -0.878. The molecule has 1 unspecified atom stereocenters. The van der Waals surface area contributed by atoms with Crippen LogP contribution in [-0.4, -0.2) is 37.1 Å². The number of hydrogen-bond acceptors (Lipinski definition) is 6. The van der Waals surface area contributed by atoms with Gasteiger partial charge in [0, 0.05) is 11.3 Å². The second-order valence-electron chi connectivity index (χ2n) is 8.69. The Balaban J connectivity index is 1.95. The normalized spacial score (nSPS) is 16.7. The van der Waals surface area contributed by atoms with Crippen molar-refractivity contribution in [1.29, 1.82) is 0 Å². The lowest BCUT2D eigenvalue weighted by Crippen LogP contribution is -2.30. The van der Waals surface area contributed by atoms with Gasteiger partial charge in [-0.25, -0.2) is 0 Å². The molecule has 3 aromatic carbocycles. The number of benzene rings is 3. The van der Waals surface area contributed by atoms with Crippen molar-refractivity contribution in [3.63, 3.8) is 0 Å². The van der Waals surface area contributed by atoms with Crippen LogP contribution in [0.1, 0.15) is 42.1 Å². The predicted octanol–water partition coefficient (Wildman–Crippen LogP) is 5.74. The number of ketones is 1. The fraction of sp³-hybridized carbons (Fsp3) is 0.267. The van der Waals surface area contributed by atoms with Gasteiger partial charge in [0.15, 0.2) is 11.5 Å². The Morgan fingerprint density at radius 2 is 1.62 bits per heavy atom. The van der Waals surface area contributed by atoms with Crippen LogP contribution in [-0.2, 0) is 9.59 Å². The zero-order valence-corrected chi connectivity index (χ0v) is 21.7. The Hall–Kier alpha value is -4.26. The average Bonchev–Trinajstić information content (AvgIpc) is 3.16. The number of aryl methyl sites for hydroxylation is 1. The molecule has 3 aromatic rings. The molecule has 0 bridgehead atoms. The van der Waals surface area contributed by atoms with Crippen molar-refractivity contribution in [2.45, 2.75) is 33.7 Å². The molecule has 7 heteroatoms. The molecule has 7 nitrogen and oxygen atoms in total. The van der Waals surface area contributed by atoms with Gasteiger partial charge in [-0.05, 0) is 86.8 Å². The molecule has 0 spiro atoms. The first-order valence-electron chi connectivity index (χ1n) is 12.2. The molecule has 1 aliphatic rings. The molecule has 1 atom stereocenters. The highest BCUT2D eigenvalue weighted by Crippen LogP contribution is 2.45. The first-order chi connectivity index (χ1) is 17.8. The Kier molecular flexibility index (Phi) is 7.53. The number of anilines is 1. The van der Waals surface area contributed by atoms with Crippen LogP contribution in [0.3, 0.4) is 0 Å². The van der Waals surface area contributed by atoms with Gasteiger partial charge >= 0.3 is 0 Å². The smallest absolute Gasteiger partial charge is 0.300 e. The summed E-state index contributed by atoms with van der Waals surface area (Å²) in [6.07, 6.45) is 0. The number of aliphatic hydroxyl groups is 1. The first kappa shape index (κ1) is 25.8. The summed E-state index contributed by atoms with van der Waals surface area (Å²) in [5.41, 5.74) is 3.47. The van der Waals surface area contributed by atoms with E-state index in [0.717, 1.165) is 11.1 Å². The molecule has 1 amide bonds. The molecular weight excluding hydrogens is 470 g/mol. The van der Waals surface area contributed by atoms with E-state index in [1.165, 1.54) is 4.90 Å². The molecule has 1 saturated heterocycles. The molecule has 4 rings (SSSR count). The number of aliphatic hydroxyl groups excluding tert-OH is 1. The third kappa shape index (κ3) is 4.77. The van der Waals surface area contributed by atoms with Gasteiger partial charge in [0.05, 0.1) is 31.9 Å². The number of ether oxygens (including phenoxy) is 3. The number of nitrogens with zero attached hydrogens (tertiary/aromatic N) is 1. The van der Waals surface area contributed by atoms with E-state index in [4.69, 9.17) is 14.2 Å². The largest absolute Gasteiger partial charge is 0.507 e. The Bertz CT molecular complexity index is 1360. The van der Waals surface area contributed by atoms with E-state index >= 15 is 0 Å². The van der Waals surface area contributed by atoms with Gasteiger partial charge in [-0.2, -0.15) is 0 Å². The van der Waals surface area contributed by atoms with Crippen molar-refractivity contribution in [2.24, 2.45) is 0 Å². The van der Waals surface area contributed by atoms with Crippen molar-refractivity contribution in [3.05, 3.63) is 88.5 Å². The molecule has 0 radical (unpaired) electrons. The molecule has 0 saturated carbocycles. The zero-order chi connectivity index (χ0) is 26.7. The fourth-order valence-corrected chi connectivity index (χ4v) is 4.56. The minimum absolute atomic E-state index is 0.00248. The zero-order valence-electron chi connectivity index (χ0n) is 21.7. The lowest BCUT2D eigenvalue weighted by molar-refractivity contribution is -0.132. The third-order valence-corrected chi connectivity index (χ3v) is 6.52. The summed E-state index contributed by atoms with van der Waals surface area (Å²) in [5.74, 6) is -0.0714. The lowest BCUT2D eigenvalue weighted by atomic mass is 9.94. The van der Waals surface area contributed by atoms with Gasteiger partial charge in [0.1, 0.15) is 11.5 Å². The summed E-state index contributed by atoms with van der Waals surface area (Å²) in [6, 6.07) is 16.8. The standard InChI is InChI=1S/C30H31NO6/c1-6-36-22-14-11-20(12-15-22)28(32)26-27(21-13-16-24(35-5)25(17-21)37-7-2)31(30(34)29(26)33)23-10-8-9-18(3)19(23)4/h8-17,27,32H,6-7H2,1-5H3/b28-26+. The fourth-order valence-electron chi connectivity index (χ4n) is 4.56. The number of rotatable bonds is 8. The number of amides is 1. The molecule has 1 aliphatic heterocycles. The van der Waals surface area contributed by atoms with Crippen LogP contribution < -0.4 is 19.1 Å². The topological polar surface area (TPSA) is 85.3 Å². The Morgan fingerprint density at radius 1 is 0.919 bits per heavy atom. The number of methoxy groups -OCH3 is 1. The molecule has 1 fully saturated rings. The summed E-state index contributed by atoms with van der Waals surface area (Å²) >= 11 is 0. The monoisotopic (exact) mass is 501 g/mol. The number of hydrogen-bond donors (Lipinski definition) is 1. The molecular formula is C30H31NO6. The van der Waals surface area contributed by atoms with E-state index in [0.29, 0.717) is 47.3 Å². The van der Waals surface area contributed by atoms with Gasteiger partial charge in [-0.3, -0.25) is 14.5 Å². The highest BCUT2D eigenvalue weighted by Gasteiger charge is 2.47. The highest BCUT2D eigenvalue weighted by atomic mass is 16.5. The number of carbonyl (C=O) groups excluding carboxylic acids is 2. The summed E-state index contributed by atoms with van der Waals surface area (Å²) in [7, 11) is 1.55. The number of Topliss-reactive ketones (excluding diaryl/α,β-unsaturated/α-hetero) is 1. The SMILES string of the molecule is CCOc1ccc(/C(O)=C2\C(=O)C(=O)N(c3cccc(C)c3C)C2c2ccc(OC)c(OCC)c2)cc1. The number of carbonyl (C=O) groups is 2. The Labute approximate surface area is 216 Å². The second-order valence-corrected chi connectivity index (χ2v) is 8.69.